The molecule has 2 atom stereocenters. The Labute approximate surface area is 130 Å². The van der Waals surface area contributed by atoms with Gasteiger partial charge in [0.1, 0.15) is 5.54 Å². The molecule has 2 rings (SSSR count). The summed E-state index contributed by atoms with van der Waals surface area (Å²) in [4.78, 5) is 16.3. The second kappa shape index (κ2) is 6.17. The first-order valence-corrected chi connectivity index (χ1v) is 6.69. The summed E-state index contributed by atoms with van der Waals surface area (Å²) in [7, 11) is 0. The lowest BCUT2D eigenvalue weighted by molar-refractivity contribution is -0.166. The molecule has 0 spiro atoms. The van der Waals surface area contributed by atoms with Crippen LogP contribution in [0.1, 0.15) is 27.2 Å². The fraction of sp³-hybridized carbons (Fsp3) is 0.571. The molecule has 1 aliphatic carbocycles. The Balaban J connectivity index is 0.00000220. The highest BCUT2D eigenvalue weighted by molar-refractivity contribution is 5.99. The number of carbonyl (C=O) groups excluding carboxylic acids is 1. The van der Waals surface area contributed by atoms with E-state index in [1.165, 1.54) is 12.3 Å². The Morgan fingerprint density at radius 2 is 2.29 bits per heavy atom. The number of carbonyl (C=O) groups is 1. The zero-order valence-electron chi connectivity index (χ0n) is 12.4. The number of anilines is 1. The number of nitrogens with two attached hydrogens (primary N) is 1. The van der Waals surface area contributed by atoms with Gasteiger partial charge in [0.2, 0.25) is 5.91 Å². The summed E-state index contributed by atoms with van der Waals surface area (Å²) >= 11 is 0. The molecule has 1 aromatic heterocycles. The SMILES string of the molecule is CCOC1CC(N)(C(=O)Nc2ncccc2O)C1(C)C.Cl. The molecular weight excluding hydrogens is 294 g/mol. The van der Waals surface area contributed by atoms with Gasteiger partial charge >= 0.3 is 0 Å². The van der Waals surface area contributed by atoms with Crippen molar-refractivity contribution in [2.75, 3.05) is 11.9 Å². The molecule has 0 aromatic carbocycles. The van der Waals surface area contributed by atoms with Crippen LogP contribution in [0.3, 0.4) is 0 Å². The molecule has 7 heteroatoms. The van der Waals surface area contributed by atoms with Gasteiger partial charge in [-0.3, -0.25) is 4.79 Å². The van der Waals surface area contributed by atoms with Crippen LogP contribution >= 0.6 is 12.4 Å². The van der Waals surface area contributed by atoms with Crippen LogP contribution in [0.15, 0.2) is 18.3 Å². The molecule has 1 heterocycles. The number of ether oxygens (including phenoxy) is 1. The second-order valence-electron chi connectivity index (χ2n) is 5.67. The predicted octanol–water partition coefficient (Wildman–Crippen LogP) is 1.68. The van der Waals surface area contributed by atoms with Crippen molar-refractivity contribution in [2.45, 2.75) is 38.8 Å². The van der Waals surface area contributed by atoms with Crippen molar-refractivity contribution in [3.05, 3.63) is 18.3 Å². The van der Waals surface area contributed by atoms with E-state index in [2.05, 4.69) is 10.3 Å². The van der Waals surface area contributed by atoms with Gasteiger partial charge in [0, 0.05) is 24.6 Å². The number of halogens is 1. The Hall–Kier alpha value is -1.37. The smallest absolute Gasteiger partial charge is 0.246 e. The molecule has 4 N–H and O–H groups in total. The maximum atomic E-state index is 12.4. The van der Waals surface area contributed by atoms with E-state index >= 15 is 0 Å². The van der Waals surface area contributed by atoms with Gasteiger partial charge in [-0.2, -0.15) is 0 Å². The zero-order valence-corrected chi connectivity index (χ0v) is 13.2. The van der Waals surface area contributed by atoms with Crippen LogP contribution in [0, 0.1) is 5.41 Å². The summed E-state index contributed by atoms with van der Waals surface area (Å²) in [5.41, 5.74) is 4.74. The number of nitrogens with zero attached hydrogens (tertiary/aromatic N) is 1. The van der Waals surface area contributed by atoms with Gasteiger partial charge in [-0.25, -0.2) is 4.98 Å². The molecule has 2 unspecified atom stereocenters. The molecule has 0 radical (unpaired) electrons. The van der Waals surface area contributed by atoms with Crippen LogP contribution < -0.4 is 11.1 Å². The monoisotopic (exact) mass is 315 g/mol. The third-order valence-corrected chi connectivity index (χ3v) is 4.25. The average Bonchev–Trinajstić information content (AvgIpc) is 2.40. The van der Waals surface area contributed by atoms with Crippen molar-refractivity contribution in [3.8, 4) is 5.75 Å². The second-order valence-corrected chi connectivity index (χ2v) is 5.67. The minimum Gasteiger partial charge on any atom is -0.504 e. The number of hydrogen-bond acceptors (Lipinski definition) is 5. The standard InChI is InChI=1S/C14H21N3O3.ClH/c1-4-20-10-8-14(15,13(10,2)3)12(19)17-11-9(18)6-5-7-16-11;/h5-7,10,18H,4,8,15H2,1-3H3,(H,16,17,19);1H. The summed E-state index contributed by atoms with van der Waals surface area (Å²) in [5, 5.41) is 12.2. The zero-order chi connectivity index (χ0) is 15.0. The molecule has 6 nitrogen and oxygen atoms in total. The molecule has 21 heavy (non-hydrogen) atoms. The van der Waals surface area contributed by atoms with Crippen LogP contribution in [0.25, 0.3) is 0 Å². The Bertz CT molecular complexity index is 524. The van der Waals surface area contributed by atoms with Crippen molar-refractivity contribution < 1.29 is 14.6 Å². The molecule has 0 bridgehead atoms. The predicted molar refractivity (Wildman–Crippen MR) is 82.5 cm³/mol. The van der Waals surface area contributed by atoms with Crippen molar-refractivity contribution >= 4 is 24.1 Å². The van der Waals surface area contributed by atoms with Gasteiger partial charge in [-0.15, -0.1) is 12.4 Å². The number of nitrogens with one attached hydrogen (secondary N) is 1. The van der Waals surface area contributed by atoms with E-state index in [1.54, 1.807) is 6.07 Å². The van der Waals surface area contributed by atoms with Gasteiger partial charge in [0.05, 0.1) is 6.10 Å². The summed E-state index contributed by atoms with van der Waals surface area (Å²) in [6.45, 7) is 6.33. The average molecular weight is 316 g/mol. The van der Waals surface area contributed by atoms with E-state index in [0.29, 0.717) is 13.0 Å². The van der Waals surface area contributed by atoms with E-state index in [1.807, 2.05) is 20.8 Å². The van der Waals surface area contributed by atoms with Crippen LogP contribution in [0.2, 0.25) is 0 Å². The minimum atomic E-state index is -1.03. The van der Waals surface area contributed by atoms with Crippen molar-refractivity contribution in [2.24, 2.45) is 11.1 Å². The highest BCUT2D eigenvalue weighted by atomic mass is 35.5. The highest BCUT2D eigenvalue weighted by Crippen LogP contribution is 2.50. The van der Waals surface area contributed by atoms with E-state index < -0.39 is 11.0 Å². The summed E-state index contributed by atoms with van der Waals surface area (Å²) < 4.78 is 5.59. The van der Waals surface area contributed by atoms with E-state index in [9.17, 15) is 9.90 Å². The molecular formula is C14H22ClN3O3. The maximum Gasteiger partial charge on any atom is 0.246 e. The van der Waals surface area contributed by atoms with Crippen LogP contribution in [-0.4, -0.2) is 34.2 Å². The fourth-order valence-electron chi connectivity index (χ4n) is 2.53. The first kappa shape index (κ1) is 17.7. The van der Waals surface area contributed by atoms with Crippen molar-refractivity contribution in [3.63, 3.8) is 0 Å². The Morgan fingerprint density at radius 1 is 1.62 bits per heavy atom. The Kier molecular flexibility index (Phi) is 5.20. The molecule has 0 saturated heterocycles. The molecule has 118 valence electrons. The van der Waals surface area contributed by atoms with Gasteiger partial charge in [0.15, 0.2) is 11.6 Å². The third kappa shape index (κ3) is 2.84. The number of aromatic hydroxyl groups is 1. The lowest BCUT2D eigenvalue weighted by Gasteiger charge is -2.57. The van der Waals surface area contributed by atoms with E-state index in [4.69, 9.17) is 10.5 Å². The highest BCUT2D eigenvalue weighted by Gasteiger charge is 2.62. The normalized spacial score (nSPS) is 26.4. The number of hydrogen-bond donors (Lipinski definition) is 3. The molecule has 1 saturated carbocycles. The minimum absolute atomic E-state index is 0. The Morgan fingerprint density at radius 3 is 2.81 bits per heavy atom. The number of amides is 1. The van der Waals surface area contributed by atoms with Gasteiger partial charge in [-0.1, -0.05) is 13.8 Å². The van der Waals surface area contributed by atoms with Crippen LogP contribution in [0.4, 0.5) is 5.82 Å². The third-order valence-electron chi connectivity index (χ3n) is 4.25. The maximum absolute atomic E-state index is 12.4. The largest absolute Gasteiger partial charge is 0.504 e. The molecule has 0 aliphatic heterocycles. The molecule has 1 amide bonds. The van der Waals surface area contributed by atoms with Crippen LogP contribution in [0.5, 0.6) is 5.75 Å². The summed E-state index contributed by atoms with van der Waals surface area (Å²) in [6, 6.07) is 3.04. The first-order valence-electron chi connectivity index (χ1n) is 6.69. The lowest BCUT2D eigenvalue weighted by Crippen LogP contribution is -2.74. The molecule has 1 fully saturated rings. The number of aromatic nitrogens is 1. The summed E-state index contributed by atoms with van der Waals surface area (Å²) in [6.07, 6.45) is 1.90. The number of pyridine rings is 1. The first-order chi connectivity index (χ1) is 9.33. The molecule has 1 aromatic rings. The summed E-state index contributed by atoms with van der Waals surface area (Å²) in [5.74, 6) is -0.312. The van der Waals surface area contributed by atoms with E-state index in [-0.39, 0.29) is 36.0 Å². The van der Waals surface area contributed by atoms with Crippen molar-refractivity contribution in [1.29, 1.82) is 0 Å². The quantitative estimate of drug-likeness (QED) is 0.785. The lowest BCUT2D eigenvalue weighted by atomic mass is 9.54. The van der Waals surface area contributed by atoms with Crippen LogP contribution in [-0.2, 0) is 9.53 Å². The van der Waals surface area contributed by atoms with E-state index in [0.717, 1.165) is 0 Å². The fourth-order valence-corrected chi connectivity index (χ4v) is 2.53. The number of rotatable bonds is 4. The van der Waals surface area contributed by atoms with Gasteiger partial charge < -0.3 is 20.9 Å². The van der Waals surface area contributed by atoms with Gasteiger partial charge in [0.25, 0.3) is 0 Å². The van der Waals surface area contributed by atoms with Crippen molar-refractivity contribution in [1.82, 2.24) is 4.98 Å². The molecule has 1 aliphatic rings. The topological polar surface area (TPSA) is 97.5 Å². The van der Waals surface area contributed by atoms with Gasteiger partial charge in [-0.05, 0) is 19.1 Å².